The maximum absolute atomic E-state index is 13.3. The smallest absolute Gasteiger partial charge is 0.290 e. The van der Waals surface area contributed by atoms with E-state index in [0.717, 1.165) is 28.7 Å². The standard InChI is InChI=1S/C20H22N2O2S2.ClH/c1-13-9-14(10-21)11-22(13)20(23)19-16(12-26-18-7-4-8-25-18)15-5-2-3-6-17(15)24-19;/h2-8,13-14H,9-12,21H2,1H3;1H. The van der Waals surface area contributed by atoms with Gasteiger partial charge in [0.15, 0.2) is 5.76 Å². The molecule has 2 N–H and O–H groups in total. The Labute approximate surface area is 173 Å². The molecule has 0 aliphatic carbocycles. The number of hydrogen-bond donors (Lipinski definition) is 1. The number of thiophene rings is 1. The van der Waals surface area contributed by atoms with Crippen molar-refractivity contribution in [3.63, 3.8) is 0 Å². The van der Waals surface area contributed by atoms with E-state index >= 15 is 0 Å². The number of thioether (sulfide) groups is 1. The van der Waals surface area contributed by atoms with Crippen molar-refractivity contribution in [1.29, 1.82) is 0 Å². The summed E-state index contributed by atoms with van der Waals surface area (Å²) in [6.07, 6.45) is 0.960. The molecule has 4 rings (SSSR count). The number of hydrogen-bond acceptors (Lipinski definition) is 5. The minimum atomic E-state index is -0.00794. The van der Waals surface area contributed by atoms with Crippen LogP contribution in [-0.4, -0.2) is 29.9 Å². The third kappa shape index (κ3) is 4.04. The molecule has 0 bridgehead atoms. The molecule has 1 aliphatic heterocycles. The molecular weight excluding hydrogens is 400 g/mol. The largest absolute Gasteiger partial charge is 0.451 e. The Kier molecular flexibility index (Phi) is 6.52. The van der Waals surface area contributed by atoms with Crippen LogP contribution >= 0.6 is 35.5 Å². The summed E-state index contributed by atoms with van der Waals surface area (Å²) in [5.74, 6) is 1.58. The van der Waals surface area contributed by atoms with Crippen LogP contribution in [0.1, 0.15) is 29.5 Å². The van der Waals surface area contributed by atoms with Crippen LogP contribution in [0.4, 0.5) is 0 Å². The minimum Gasteiger partial charge on any atom is -0.451 e. The molecule has 144 valence electrons. The summed E-state index contributed by atoms with van der Waals surface area (Å²) in [5.41, 5.74) is 7.60. The SMILES string of the molecule is CC1CC(CN)CN1C(=O)c1oc2ccccc2c1CSc1cccs1.Cl. The second-order valence-corrected chi connectivity index (χ2v) is 8.99. The molecule has 0 radical (unpaired) electrons. The highest BCUT2D eigenvalue weighted by molar-refractivity contribution is 8.00. The molecule has 7 heteroatoms. The number of likely N-dealkylation sites (tertiary alicyclic amines) is 1. The van der Waals surface area contributed by atoms with Gasteiger partial charge in [-0.1, -0.05) is 24.3 Å². The van der Waals surface area contributed by atoms with Gasteiger partial charge in [-0.2, -0.15) is 0 Å². The summed E-state index contributed by atoms with van der Waals surface area (Å²) < 4.78 is 7.27. The maximum Gasteiger partial charge on any atom is 0.290 e. The summed E-state index contributed by atoms with van der Waals surface area (Å²) in [6, 6.07) is 12.3. The van der Waals surface area contributed by atoms with Gasteiger partial charge in [0.1, 0.15) is 5.58 Å². The Morgan fingerprint density at radius 1 is 1.33 bits per heavy atom. The van der Waals surface area contributed by atoms with Gasteiger partial charge >= 0.3 is 0 Å². The second-order valence-electron chi connectivity index (χ2n) is 6.77. The van der Waals surface area contributed by atoms with Crippen LogP contribution in [0.25, 0.3) is 11.0 Å². The first kappa shape index (κ1) is 20.3. The van der Waals surface area contributed by atoms with Crippen LogP contribution in [0.3, 0.4) is 0 Å². The van der Waals surface area contributed by atoms with Gasteiger partial charge in [0.25, 0.3) is 5.91 Å². The molecule has 4 nitrogen and oxygen atoms in total. The fraction of sp³-hybridized carbons (Fsp3) is 0.350. The van der Waals surface area contributed by atoms with Crippen molar-refractivity contribution >= 4 is 52.4 Å². The van der Waals surface area contributed by atoms with Crippen molar-refractivity contribution in [2.45, 2.75) is 29.3 Å². The number of benzene rings is 1. The summed E-state index contributed by atoms with van der Waals surface area (Å²) in [7, 11) is 0. The molecule has 0 saturated carbocycles. The predicted molar refractivity (Wildman–Crippen MR) is 115 cm³/mol. The zero-order valence-electron chi connectivity index (χ0n) is 15.1. The Balaban J connectivity index is 0.00000210. The number of nitrogens with two attached hydrogens (primary N) is 1. The summed E-state index contributed by atoms with van der Waals surface area (Å²) in [6.45, 7) is 3.43. The number of fused-ring (bicyclic) bond motifs is 1. The highest BCUT2D eigenvalue weighted by Gasteiger charge is 2.35. The fourth-order valence-electron chi connectivity index (χ4n) is 3.63. The third-order valence-electron chi connectivity index (χ3n) is 5.00. The van der Waals surface area contributed by atoms with Crippen LogP contribution in [0.15, 0.2) is 50.4 Å². The molecule has 2 aromatic heterocycles. The van der Waals surface area contributed by atoms with Gasteiger partial charge in [-0.25, -0.2) is 0 Å². The monoisotopic (exact) mass is 422 g/mol. The molecule has 3 aromatic rings. The van der Waals surface area contributed by atoms with Gasteiger partial charge < -0.3 is 15.1 Å². The quantitative estimate of drug-likeness (QED) is 0.586. The van der Waals surface area contributed by atoms with Crippen LogP contribution in [-0.2, 0) is 5.75 Å². The normalized spacial score (nSPS) is 19.4. The lowest BCUT2D eigenvalue weighted by atomic mass is 10.1. The molecule has 2 unspecified atom stereocenters. The average molecular weight is 423 g/mol. The second kappa shape index (κ2) is 8.69. The van der Waals surface area contributed by atoms with Crippen molar-refractivity contribution in [3.8, 4) is 0 Å². The number of para-hydroxylation sites is 1. The maximum atomic E-state index is 13.3. The van der Waals surface area contributed by atoms with Gasteiger partial charge in [-0.05, 0) is 43.3 Å². The fourth-order valence-corrected chi connectivity index (χ4v) is 5.44. The van der Waals surface area contributed by atoms with Gasteiger partial charge in [0.05, 0.1) is 4.21 Å². The molecule has 1 saturated heterocycles. The Hall–Kier alpha value is -1.47. The lowest BCUT2D eigenvalue weighted by Crippen LogP contribution is -2.34. The topological polar surface area (TPSA) is 59.5 Å². The van der Waals surface area contributed by atoms with Crippen molar-refractivity contribution in [1.82, 2.24) is 4.90 Å². The molecule has 27 heavy (non-hydrogen) atoms. The molecule has 1 aliphatic rings. The average Bonchev–Trinajstić information content (AvgIpc) is 3.37. The summed E-state index contributed by atoms with van der Waals surface area (Å²) in [5, 5.41) is 3.10. The Bertz CT molecular complexity index is 910. The molecular formula is C20H23ClN2O2S2. The summed E-state index contributed by atoms with van der Waals surface area (Å²) in [4.78, 5) is 15.2. The van der Waals surface area contributed by atoms with Crippen molar-refractivity contribution in [3.05, 3.63) is 53.1 Å². The molecule has 1 fully saturated rings. The first-order valence-electron chi connectivity index (χ1n) is 8.85. The van der Waals surface area contributed by atoms with Crippen molar-refractivity contribution in [2.75, 3.05) is 13.1 Å². The number of nitrogens with zero attached hydrogens (tertiary/aromatic N) is 1. The van der Waals surface area contributed by atoms with E-state index in [-0.39, 0.29) is 24.4 Å². The first-order chi connectivity index (χ1) is 12.7. The number of rotatable bonds is 5. The van der Waals surface area contributed by atoms with E-state index in [1.54, 1.807) is 23.1 Å². The highest BCUT2D eigenvalue weighted by atomic mass is 35.5. The Morgan fingerprint density at radius 2 is 2.15 bits per heavy atom. The number of halogens is 1. The first-order valence-corrected chi connectivity index (χ1v) is 10.7. The zero-order valence-corrected chi connectivity index (χ0v) is 17.5. The molecule has 1 amide bonds. The number of carbonyl (C=O) groups excluding carboxylic acids is 1. The minimum absolute atomic E-state index is 0. The van der Waals surface area contributed by atoms with E-state index in [1.807, 2.05) is 35.2 Å². The number of furan rings is 1. The van der Waals surface area contributed by atoms with E-state index in [1.165, 1.54) is 4.21 Å². The van der Waals surface area contributed by atoms with Crippen molar-refractivity contribution in [2.24, 2.45) is 11.7 Å². The Morgan fingerprint density at radius 3 is 2.85 bits per heavy atom. The number of carbonyl (C=O) groups is 1. The van der Waals surface area contributed by atoms with E-state index in [0.29, 0.717) is 24.8 Å². The van der Waals surface area contributed by atoms with Gasteiger partial charge in [-0.15, -0.1) is 35.5 Å². The molecule has 0 spiro atoms. The van der Waals surface area contributed by atoms with Crippen LogP contribution in [0.5, 0.6) is 0 Å². The third-order valence-corrected chi connectivity index (χ3v) is 7.16. The van der Waals surface area contributed by atoms with E-state index in [9.17, 15) is 4.79 Å². The predicted octanol–water partition coefficient (Wildman–Crippen LogP) is 5.02. The molecule has 1 aromatic carbocycles. The van der Waals surface area contributed by atoms with Crippen LogP contribution < -0.4 is 5.73 Å². The number of amides is 1. The molecule has 2 atom stereocenters. The molecule has 3 heterocycles. The van der Waals surface area contributed by atoms with Crippen LogP contribution in [0.2, 0.25) is 0 Å². The summed E-state index contributed by atoms with van der Waals surface area (Å²) >= 11 is 3.46. The highest BCUT2D eigenvalue weighted by Crippen LogP contribution is 2.35. The zero-order chi connectivity index (χ0) is 18.1. The van der Waals surface area contributed by atoms with E-state index < -0.39 is 0 Å². The lowest BCUT2D eigenvalue weighted by molar-refractivity contribution is 0.0712. The van der Waals surface area contributed by atoms with E-state index in [4.69, 9.17) is 10.2 Å². The van der Waals surface area contributed by atoms with Crippen LogP contribution in [0, 0.1) is 5.92 Å². The lowest BCUT2D eigenvalue weighted by Gasteiger charge is -2.20. The van der Waals surface area contributed by atoms with E-state index in [2.05, 4.69) is 18.4 Å². The van der Waals surface area contributed by atoms with Gasteiger partial charge in [0.2, 0.25) is 0 Å². The van der Waals surface area contributed by atoms with Crippen molar-refractivity contribution < 1.29 is 9.21 Å². The van der Waals surface area contributed by atoms with Gasteiger partial charge in [0, 0.05) is 29.3 Å². The van der Waals surface area contributed by atoms with Gasteiger partial charge in [-0.3, -0.25) is 4.79 Å².